The van der Waals surface area contributed by atoms with Gasteiger partial charge in [0.15, 0.2) is 11.6 Å². The molecular weight excluding hydrogens is 344 g/mol. The average molecular weight is 389 g/mol. The van der Waals surface area contributed by atoms with Crippen LogP contribution in [0.4, 0.5) is 0 Å². The maximum Gasteiger partial charge on any atom is 0.185 e. The molecule has 0 N–H and O–H groups in total. The summed E-state index contributed by atoms with van der Waals surface area (Å²) in [6.45, 7) is 9.99. The Morgan fingerprint density at radius 1 is 0.536 bits per heavy atom. The van der Waals surface area contributed by atoms with Crippen LogP contribution in [0.3, 0.4) is 0 Å². The molecule has 1 aliphatic carbocycles. The number of carbonyl (C=O) groups is 2. The van der Waals surface area contributed by atoms with Crippen LogP contribution in [0.1, 0.15) is 125 Å². The zero-order chi connectivity index (χ0) is 20.9. The van der Waals surface area contributed by atoms with Crippen molar-refractivity contribution in [2.24, 2.45) is 5.92 Å². The smallest absolute Gasteiger partial charge is 0.185 e. The van der Waals surface area contributed by atoms with Gasteiger partial charge in [0.25, 0.3) is 0 Å². The van der Waals surface area contributed by atoms with Crippen LogP contribution in [0.25, 0.3) is 0 Å². The van der Waals surface area contributed by atoms with E-state index in [1.54, 1.807) is 13.8 Å². The lowest BCUT2D eigenvalue weighted by molar-refractivity contribution is -0.116. The maximum atomic E-state index is 12.4. The average Bonchev–Trinajstić information content (AvgIpc) is 2.67. The topological polar surface area (TPSA) is 34.1 Å². The molecule has 0 fully saturated rings. The van der Waals surface area contributed by atoms with Gasteiger partial charge in [0.2, 0.25) is 0 Å². The van der Waals surface area contributed by atoms with Gasteiger partial charge < -0.3 is 0 Å². The van der Waals surface area contributed by atoms with E-state index in [2.05, 4.69) is 13.8 Å². The third-order valence-corrected chi connectivity index (χ3v) is 6.27. The van der Waals surface area contributed by atoms with Gasteiger partial charge in [-0.25, -0.2) is 0 Å². The zero-order valence-corrected chi connectivity index (χ0v) is 19.3. The second-order valence-electron chi connectivity index (χ2n) is 9.19. The highest BCUT2D eigenvalue weighted by Crippen LogP contribution is 2.27. The lowest BCUT2D eigenvalue weighted by atomic mass is 9.84. The minimum absolute atomic E-state index is 0.0621. The molecule has 0 saturated carbocycles. The first-order valence-electron chi connectivity index (χ1n) is 11.8. The molecule has 0 aromatic rings. The Labute approximate surface area is 174 Å². The van der Waals surface area contributed by atoms with Crippen LogP contribution in [0.2, 0.25) is 0 Å². The zero-order valence-electron chi connectivity index (χ0n) is 19.3. The Morgan fingerprint density at radius 2 is 0.929 bits per heavy atom. The highest BCUT2D eigenvalue weighted by molar-refractivity contribution is 6.24. The number of allylic oxidation sites excluding steroid dienone is 4. The molecule has 0 radical (unpaired) electrons. The second-order valence-corrected chi connectivity index (χ2v) is 9.19. The van der Waals surface area contributed by atoms with Gasteiger partial charge in [-0.3, -0.25) is 9.59 Å². The summed E-state index contributed by atoms with van der Waals surface area (Å²) in [4.78, 5) is 24.6. The van der Waals surface area contributed by atoms with Crippen LogP contribution in [-0.4, -0.2) is 11.6 Å². The maximum absolute atomic E-state index is 12.4. The molecule has 2 nitrogen and oxygen atoms in total. The van der Waals surface area contributed by atoms with Gasteiger partial charge in [-0.15, -0.1) is 0 Å². The summed E-state index contributed by atoms with van der Waals surface area (Å²) in [5.74, 6) is 1.02. The first kappa shape index (κ1) is 24.9. The summed E-state index contributed by atoms with van der Waals surface area (Å²) in [5.41, 5.74) is 2.71. The van der Waals surface area contributed by atoms with Gasteiger partial charge in [-0.05, 0) is 39.5 Å². The molecular formula is C26H44O2. The monoisotopic (exact) mass is 388 g/mol. The first-order chi connectivity index (χ1) is 13.4. The van der Waals surface area contributed by atoms with Crippen molar-refractivity contribution < 1.29 is 9.59 Å². The highest BCUT2D eigenvalue weighted by atomic mass is 16.1. The van der Waals surface area contributed by atoms with E-state index in [-0.39, 0.29) is 11.6 Å². The van der Waals surface area contributed by atoms with Crippen LogP contribution >= 0.6 is 0 Å². The van der Waals surface area contributed by atoms with Crippen molar-refractivity contribution in [3.8, 4) is 0 Å². The lowest BCUT2D eigenvalue weighted by Gasteiger charge is -2.18. The molecule has 1 aliphatic rings. The third kappa shape index (κ3) is 8.88. The minimum Gasteiger partial charge on any atom is -0.289 e. The van der Waals surface area contributed by atoms with Crippen molar-refractivity contribution in [2.75, 3.05) is 0 Å². The summed E-state index contributed by atoms with van der Waals surface area (Å²) in [7, 11) is 0. The fourth-order valence-electron chi connectivity index (χ4n) is 4.08. The molecule has 0 aliphatic heterocycles. The van der Waals surface area contributed by atoms with E-state index in [1.807, 2.05) is 6.92 Å². The molecule has 0 saturated heterocycles. The molecule has 0 aromatic carbocycles. The fourth-order valence-corrected chi connectivity index (χ4v) is 4.08. The Balaban J connectivity index is 2.00. The van der Waals surface area contributed by atoms with Gasteiger partial charge in [0.1, 0.15) is 0 Å². The standard InChI is InChI=1S/C26H44O2/c1-20(2)18-16-14-12-10-8-6-7-9-11-13-15-17-19-24-23(5)25(27)21(3)22(4)26(24)28/h20H,6-19H2,1-5H3. The normalized spacial score (nSPS) is 15.4. The van der Waals surface area contributed by atoms with E-state index in [1.165, 1.54) is 70.6 Å². The highest BCUT2D eigenvalue weighted by Gasteiger charge is 2.26. The molecule has 0 bridgehead atoms. The van der Waals surface area contributed by atoms with Crippen molar-refractivity contribution in [1.82, 2.24) is 0 Å². The summed E-state index contributed by atoms with van der Waals surface area (Å²) < 4.78 is 0. The minimum atomic E-state index is 0.0621. The Hall–Kier alpha value is -1.18. The number of Topliss-reactive ketones (excluding diaryl/α,β-unsaturated/α-hetero) is 2. The summed E-state index contributed by atoms with van der Waals surface area (Å²) >= 11 is 0. The molecule has 160 valence electrons. The second kappa shape index (κ2) is 13.9. The Kier molecular flexibility index (Phi) is 12.3. The number of ketones is 2. The van der Waals surface area contributed by atoms with Crippen LogP contribution in [-0.2, 0) is 9.59 Å². The molecule has 28 heavy (non-hydrogen) atoms. The molecule has 1 rings (SSSR count). The molecule has 0 unspecified atom stereocenters. The van der Waals surface area contributed by atoms with Gasteiger partial charge in [-0.2, -0.15) is 0 Å². The Morgan fingerprint density at radius 3 is 1.39 bits per heavy atom. The van der Waals surface area contributed by atoms with Crippen molar-refractivity contribution in [2.45, 2.75) is 125 Å². The third-order valence-electron chi connectivity index (χ3n) is 6.27. The van der Waals surface area contributed by atoms with E-state index < -0.39 is 0 Å². The van der Waals surface area contributed by atoms with Crippen LogP contribution in [0.15, 0.2) is 22.3 Å². The number of unbranched alkanes of at least 4 members (excludes halogenated alkanes) is 11. The van der Waals surface area contributed by atoms with E-state index in [0.29, 0.717) is 16.7 Å². The van der Waals surface area contributed by atoms with Gasteiger partial charge in [0.05, 0.1) is 0 Å². The molecule has 0 amide bonds. The summed E-state index contributed by atoms with van der Waals surface area (Å²) in [6.07, 6.45) is 18.0. The number of rotatable bonds is 15. The molecule has 0 heterocycles. The lowest BCUT2D eigenvalue weighted by Crippen LogP contribution is -2.20. The first-order valence-corrected chi connectivity index (χ1v) is 11.8. The van der Waals surface area contributed by atoms with Crippen LogP contribution < -0.4 is 0 Å². The van der Waals surface area contributed by atoms with Crippen molar-refractivity contribution in [1.29, 1.82) is 0 Å². The largest absolute Gasteiger partial charge is 0.289 e. The van der Waals surface area contributed by atoms with Gasteiger partial charge in [0, 0.05) is 22.3 Å². The SMILES string of the molecule is CC1=C(C)C(=O)C(CCCCCCCCCCCCCCC(C)C)=C(C)C1=O. The molecule has 2 heteroatoms. The van der Waals surface area contributed by atoms with Crippen LogP contribution in [0, 0.1) is 5.92 Å². The molecule has 0 spiro atoms. The van der Waals surface area contributed by atoms with E-state index >= 15 is 0 Å². The molecule has 0 aromatic heterocycles. The quantitative estimate of drug-likeness (QED) is 0.211. The fraction of sp³-hybridized carbons (Fsp3) is 0.769. The number of hydrogen-bond donors (Lipinski definition) is 0. The predicted octanol–water partition coefficient (Wildman–Crippen LogP) is 7.91. The molecule has 0 atom stereocenters. The number of carbonyl (C=O) groups excluding carboxylic acids is 2. The predicted molar refractivity (Wildman–Crippen MR) is 121 cm³/mol. The number of hydrogen-bond acceptors (Lipinski definition) is 2. The van der Waals surface area contributed by atoms with Gasteiger partial charge in [-0.1, -0.05) is 90.9 Å². The Bertz CT molecular complexity index is 563. The van der Waals surface area contributed by atoms with Crippen molar-refractivity contribution >= 4 is 11.6 Å². The van der Waals surface area contributed by atoms with Gasteiger partial charge >= 0.3 is 0 Å². The summed E-state index contributed by atoms with van der Waals surface area (Å²) in [5, 5.41) is 0. The van der Waals surface area contributed by atoms with E-state index in [9.17, 15) is 9.59 Å². The summed E-state index contributed by atoms with van der Waals surface area (Å²) in [6, 6.07) is 0. The van der Waals surface area contributed by atoms with E-state index in [4.69, 9.17) is 0 Å². The van der Waals surface area contributed by atoms with Crippen molar-refractivity contribution in [3.05, 3.63) is 22.3 Å². The van der Waals surface area contributed by atoms with Crippen LogP contribution in [0.5, 0.6) is 0 Å². The van der Waals surface area contributed by atoms with Crippen molar-refractivity contribution in [3.63, 3.8) is 0 Å². The van der Waals surface area contributed by atoms with E-state index in [0.717, 1.165) is 30.8 Å².